The molecule has 0 bridgehead atoms. The van der Waals surface area contributed by atoms with E-state index >= 15 is 0 Å². The van der Waals surface area contributed by atoms with Gasteiger partial charge in [-0.2, -0.15) is 0 Å². The van der Waals surface area contributed by atoms with Crippen molar-refractivity contribution in [2.75, 3.05) is 24.4 Å². The van der Waals surface area contributed by atoms with E-state index in [9.17, 15) is 9.59 Å². The van der Waals surface area contributed by atoms with Crippen molar-refractivity contribution in [2.24, 2.45) is 0 Å². The minimum atomic E-state index is -0.343. The van der Waals surface area contributed by atoms with Crippen molar-refractivity contribution >= 4 is 23.2 Å². The molecule has 0 aliphatic heterocycles. The Hall–Kier alpha value is -3.74. The molecule has 2 amide bonds. The second-order valence-corrected chi connectivity index (χ2v) is 5.49. The van der Waals surface area contributed by atoms with Crippen LogP contribution in [0.3, 0.4) is 0 Å². The molecule has 27 heavy (non-hydrogen) atoms. The maximum absolute atomic E-state index is 12.0. The summed E-state index contributed by atoms with van der Waals surface area (Å²) < 4.78 is 15.7. The molecule has 7 nitrogen and oxygen atoms in total. The number of para-hydroxylation sites is 2. The molecule has 1 heterocycles. The third-order valence-corrected chi connectivity index (χ3v) is 3.61. The van der Waals surface area contributed by atoms with Crippen LogP contribution in [0.5, 0.6) is 11.5 Å². The van der Waals surface area contributed by atoms with Crippen LogP contribution in [0.1, 0.15) is 10.6 Å². The lowest BCUT2D eigenvalue weighted by Crippen LogP contribution is -2.20. The molecule has 0 fully saturated rings. The van der Waals surface area contributed by atoms with E-state index in [1.807, 2.05) is 6.07 Å². The molecule has 0 unspecified atom stereocenters. The van der Waals surface area contributed by atoms with Gasteiger partial charge in [-0.15, -0.1) is 0 Å². The summed E-state index contributed by atoms with van der Waals surface area (Å²) in [7, 11) is 1.54. The number of anilines is 2. The Morgan fingerprint density at radius 2 is 1.74 bits per heavy atom. The van der Waals surface area contributed by atoms with E-state index in [0.717, 1.165) is 0 Å². The lowest BCUT2D eigenvalue weighted by molar-refractivity contribution is -0.118. The fourth-order valence-electron chi connectivity index (χ4n) is 2.32. The second kappa shape index (κ2) is 8.57. The van der Waals surface area contributed by atoms with Gasteiger partial charge in [-0.05, 0) is 48.5 Å². The monoisotopic (exact) mass is 366 g/mol. The number of benzene rings is 2. The van der Waals surface area contributed by atoms with E-state index in [2.05, 4.69) is 10.6 Å². The number of rotatable bonds is 7. The van der Waals surface area contributed by atoms with Gasteiger partial charge in [0.1, 0.15) is 11.5 Å². The van der Waals surface area contributed by atoms with Crippen molar-refractivity contribution in [3.05, 3.63) is 72.7 Å². The molecule has 0 atom stereocenters. The standard InChI is InChI=1S/C20H18N2O5/c1-25-17-6-3-2-5-16(17)22-19(23)13-27-15-10-8-14(9-11-15)21-20(24)18-7-4-12-26-18/h2-12H,13H2,1H3,(H,21,24)(H,22,23). The minimum absolute atomic E-state index is 0.157. The SMILES string of the molecule is COc1ccccc1NC(=O)COc1ccc(NC(=O)c2ccco2)cc1. The third-order valence-electron chi connectivity index (χ3n) is 3.61. The van der Waals surface area contributed by atoms with Crippen molar-refractivity contribution in [3.8, 4) is 11.5 Å². The highest BCUT2D eigenvalue weighted by molar-refractivity contribution is 6.02. The second-order valence-electron chi connectivity index (χ2n) is 5.49. The van der Waals surface area contributed by atoms with Crippen LogP contribution in [0.2, 0.25) is 0 Å². The molecule has 0 spiro atoms. The summed E-state index contributed by atoms with van der Waals surface area (Å²) in [5, 5.41) is 5.43. The first-order chi connectivity index (χ1) is 13.2. The van der Waals surface area contributed by atoms with Crippen molar-refractivity contribution < 1.29 is 23.5 Å². The van der Waals surface area contributed by atoms with Gasteiger partial charge in [0, 0.05) is 5.69 Å². The van der Waals surface area contributed by atoms with Crippen LogP contribution in [0.4, 0.5) is 11.4 Å². The summed E-state index contributed by atoms with van der Waals surface area (Å²) in [6.07, 6.45) is 1.43. The van der Waals surface area contributed by atoms with E-state index < -0.39 is 0 Å². The van der Waals surface area contributed by atoms with Crippen LogP contribution >= 0.6 is 0 Å². The lowest BCUT2D eigenvalue weighted by Gasteiger charge is -2.11. The fourth-order valence-corrected chi connectivity index (χ4v) is 2.32. The van der Waals surface area contributed by atoms with Gasteiger partial charge in [0.05, 0.1) is 19.1 Å². The number of carbonyl (C=O) groups is 2. The molecule has 2 aromatic carbocycles. The average Bonchev–Trinajstić information content (AvgIpc) is 3.23. The highest BCUT2D eigenvalue weighted by Crippen LogP contribution is 2.23. The first-order valence-corrected chi connectivity index (χ1v) is 8.16. The van der Waals surface area contributed by atoms with E-state index in [0.29, 0.717) is 22.9 Å². The van der Waals surface area contributed by atoms with Gasteiger partial charge in [-0.3, -0.25) is 9.59 Å². The molecule has 0 aliphatic rings. The van der Waals surface area contributed by atoms with E-state index in [1.165, 1.54) is 13.4 Å². The Morgan fingerprint density at radius 1 is 0.963 bits per heavy atom. The molecular weight excluding hydrogens is 348 g/mol. The summed E-state index contributed by atoms with van der Waals surface area (Å²) in [4.78, 5) is 23.9. The lowest BCUT2D eigenvalue weighted by atomic mass is 10.3. The topological polar surface area (TPSA) is 89.8 Å². The number of nitrogens with one attached hydrogen (secondary N) is 2. The molecule has 7 heteroatoms. The van der Waals surface area contributed by atoms with E-state index in [-0.39, 0.29) is 24.2 Å². The number of hydrogen-bond acceptors (Lipinski definition) is 5. The van der Waals surface area contributed by atoms with Crippen molar-refractivity contribution in [1.29, 1.82) is 0 Å². The van der Waals surface area contributed by atoms with Gasteiger partial charge in [-0.25, -0.2) is 0 Å². The third kappa shape index (κ3) is 4.88. The zero-order valence-corrected chi connectivity index (χ0v) is 14.6. The zero-order valence-electron chi connectivity index (χ0n) is 14.6. The van der Waals surface area contributed by atoms with Crippen molar-refractivity contribution in [1.82, 2.24) is 0 Å². The predicted octanol–water partition coefficient (Wildman–Crippen LogP) is 3.56. The highest BCUT2D eigenvalue weighted by Gasteiger charge is 2.10. The Labute approximate surface area is 155 Å². The number of hydrogen-bond donors (Lipinski definition) is 2. The first-order valence-electron chi connectivity index (χ1n) is 8.16. The molecule has 3 rings (SSSR count). The Kier molecular flexibility index (Phi) is 5.73. The average molecular weight is 366 g/mol. The number of amides is 2. The summed E-state index contributed by atoms with van der Waals surface area (Å²) in [5.41, 5.74) is 1.16. The van der Waals surface area contributed by atoms with Gasteiger partial charge in [0.15, 0.2) is 12.4 Å². The fraction of sp³-hybridized carbons (Fsp3) is 0.100. The number of furan rings is 1. The van der Waals surface area contributed by atoms with Crippen LogP contribution in [0.25, 0.3) is 0 Å². The van der Waals surface area contributed by atoms with E-state index in [1.54, 1.807) is 54.6 Å². The molecular formula is C20H18N2O5. The molecule has 0 saturated carbocycles. The van der Waals surface area contributed by atoms with Crippen LogP contribution in [0, 0.1) is 0 Å². The smallest absolute Gasteiger partial charge is 0.291 e. The van der Waals surface area contributed by atoms with Crippen molar-refractivity contribution in [2.45, 2.75) is 0 Å². The molecule has 0 radical (unpaired) electrons. The molecule has 2 N–H and O–H groups in total. The Balaban J connectivity index is 1.51. The first kappa shape index (κ1) is 18.1. The van der Waals surface area contributed by atoms with Crippen LogP contribution in [0.15, 0.2) is 71.3 Å². The number of methoxy groups -OCH3 is 1. The minimum Gasteiger partial charge on any atom is -0.495 e. The summed E-state index contributed by atoms with van der Waals surface area (Å²) >= 11 is 0. The quantitative estimate of drug-likeness (QED) is 0.667. The number of carbonyl (C=O) groups excluding carboxylic acids is 2. The predicted molar refractivity (Wildman–Crippen MR) is 100 cm³/mol. The van der Waals surface area contributed by atoms with Crippen LogP contribution in [-0.4, -0.2) is 25.5 Å². The summed E-state index contributed by atoms with van der Waals surface area (Å²) in [6, 6.07) is 17.0. The maximum Gasteiger partial charge on any atom is 0.291 e. The van der Waals surface area contributed by atoms with Gasteiger partial charge < -0.3 is 24.5 Å². The summed E-state index contributed by atoms with van der Waals surface area (Å²) in [6.45, 7) is -0.157. The maximum atomic E-state index is 12.0. The summed E-state index contributed by atoms with van der Waals surface area (Å²) in [5.74, 6) is 0.645. The number of ether oxygens (including phenoxy) is 2. The van der Waals surface area contributed by atoms with Crippen LogP contribution < -0.4 is 20.1 Å². The Bertz CT molecular complexity index is 904. The van der Waals surface area contributed by atoms with Crippen LogP contribution in [-0.2, 0) is 4.79 Å². The van der Waals surface area contributed by atoms with Gasteiger partial charge in [0.2, 0.25) is 0 Å². The van der Waals surface area contributed by atoms with Gasteiger partial charge in [0.25, 0.3) is 11.8 Å². The Morgan fingerprint density at radius 3 is 2.44 bits per heavy atom. The highest BCUT2D eigenvalue weighted by atomic mass is 16.5. The molecule has 138 valence electrons. The zero-order chi connectivity index (χ0) is 19.1. The largest absolute Gasteiger partial charge is 0.495 e. The van der Waals surface area contributed by atoms with Gasteiger partial charge in [-0.1, -0.05) is 12.1 Å². The van der Waals surface area contributed by atoms with Crippen molar-refractivity contribution in [3.63, 3.8) is 0 Å². The molecule has 0 aliphatic carbocycles. The molecule has 1 aromatic heterocycles. The van der Waals surface area contributed by atoms with E-state index in [4.69, 9.17) is 13.9 Å². The molecule has 0 saturated heterocycles. The van der Waals surface area contributed by atoms with Gasteiger partial charge >= 0.3 is 0 Å². The molecule has 3 aromatic rings. The normalized spacial score (nSPS) is 10.1.